The summed E-state index contributed by atoms with van der Waals surface area (Å²) in [5.74, 6) is -0.278. The highest BCUT2D eigenvalue weighted by Gasteiger charge is 2.10. The van der Waals surface area contributed by atoms with Gasteiger partial charge in [0.25, 0.3) is 5.91 Å². The van der Waals surface area contributed by atoms with Crippen LogP contribution in [0.25, 0.3) is 0 Å². The molecule has 0 aliphatic rings. The number of ether oxygens (including phenoxy) is 1. The van der Waals surface area contributed by atoms with Crippen LogP contribution in [-0.4, -0.2) is 29.2 Å². The molecule has 0 unspecified atom stereocenters. The lowest BCUT2D eigenvalue weighted by molar-refractivity contribution is 0.0600. The fourth-order valence-electron chi connectivity index (χ4n) is 2.53. The molecule has 1 heterocycles. The van der Waals surface area contributed by atoms with Crippen LogP contribution in [0.3, 0.4) is 0 Å². The van der Waals surface area contributed by atoms with E-state index >= 15 is 0 Å². The third kappa shape index (κ3) is 4.50. The molecule has 1 amide bonds. The number of nitrogens with zero attached hydrogens (tertiary/aromatic N) is 2. The molecule has 0 saturated carbocycles. The number of carbonyl (C=O) groups excluding carboxylic acids is 2. The van der Waals surface area contributed by atoms with Crippen molar-refractivity contribution in [2.75, 3.05) is 17.7 Å². The van der Waals surface area contributed by atoms with Gasteiger partial charge in [-0.25, -0.2) is 4.79 Å². The molecule has 2 aromatic carbocycles. The van der Waals surface area contributed by atoms with Crippen LogP contribution in [0.1, 0.15) is 32.0 Å². The minimum atomic E-state index is -0.435. The summed E-state index contributed by atoms with van der Waals surface area (Å²) in [6.07, 6.45) is 0. The first-order valence-corrected chi connectivity index (χ1v) is 8.64. The Labute approximate surface area is 162 Å². The number of carbonyl (C=O) groups is 2. The Morgan fingerprint density at radius 3 is 2.32 bits per heavy atom. The van der Waals surface area contributed by atoms with Crippen molar-refractivity contribution in [1.82, 2.24) is 10.2 Å². The lowest BCUT2D eigenvalue weighted by atomic mass is 10.1. The molecule has 0 aliphatic carbocycles. The highest BCUT2D eigenvalue weighted by atomic mass is 16.5. The van der Waals surface area contributed by atoms with Gasteiger partial charge in [0.05, 0.1) is 12.7 Å². The summed E-state index contributed by atoms with van der Waals surface area (Å²) < 4.78 is 4.64. The molecule has 28 heavy (non-hydrogen) atoms. The number of hydrogen-bond acceptors (Lipinski definition) is 6. The fraction of sp³-hybridized carbons (Fsp3) is 0.143. The Hall–Kier alpha value is -3.74. The molecule has 3 rings (SSSR count). The molecule has 0 fully saturated rings. The van der Waals surface area contributed by atoms with Crippen molar-refractivity contribution >= 4 is 29.1 Å². The third-order valence-electron chi connectivity index (χ3n) is 4.12. The molecule has 0 bridgehead atoms. The standard InChI is InChI=1S/C21H20N4O3/c1-13-4-5-14(2)18(12-13)23-19-11-10-17(24-25-19)20(26)22-16-8-6-15(7-9-16)21(27)28-3/h4-12H,1-3H3,(H,22,26)(H,23,25). The second-order valence-electron chi connectivity index (χ2n) is 6.27. The summed E-state index contributed by atoms with van der Waals surface area (Å²) in [5.41, 5.74) is 4.29. The summed E-state index contributed by atoms with van der Waals surface area (Å²) in [6, 6.07) is 15.8. The SMILES string of the molecule is COC(=O)c1ccc(NC(=O)c2ccc(Nc3cc(C)ccc3C)nn2)cc1. The van der Waals surface area contributed by atoms with Crippen LogP contribution in [-0.2, 0) is 4.74 Å². The first-order valence-electron chi connectivity index (χ1n) is 8.64. The van der Waals surface area contributed by atoms with Gasteiger partial charge in [0.15, 0.2) is 11.5 Å². The zero-order valence-corrected chi connectivity index (χ0v) is 15.8. The number of hydrogen-bond donors (Lipinski definition) is 2. The Morgan fingerprint density at radius 1 is 0.929 bits per heavy atom. The molecule has 0 atom stereocenters. The first kappa shape index (κ1) is 19.0. The lowest BCUT2D eigenvalue weighted by Gasteiger charge is -2.10. The van der Waals surface area contributed by atoms with Gasteiger partial charge < -0.3 is 15.4 Å². The van der Waals surface area contributed by atoms with Crippen LogP contribution < -0.4 is 10.6 Å². The number of aromatic nitrogens is 2. The molecule has 0 aliphatic heterocycles. The number of aryl methyl sites for hydroxylation is 2. The summed E-state index contributed by atoms with van der Waals surface area (Å²) in [4.78, 5) is 23.8. The van der Waals surface area contributed by atoms with Gasteiger partial charge in [0.1, 0.15) is 0 Å². The summed E-state index contributed by atoms with van der Waals surface area (Å²) in [5, 5.41) is 14.0. The van der Waals surface area contributed by atoms with Crippen molar-refractivity contribution in [1.29, 1.82) is 0 Å². The maximum atomic E-state index is 12.3. The maximum absolute atomic E-state index is 12.3. The van der Waals surface area contributed by atoms with E-state index in [2.05, 4.69) is 25.6 Å². The molecular formula is C21H20N4O3. The normalized spacial score (nSPS) is 10.2. The van der Waals surface area contributed by atoms with Crippen LogP contribution in [0.5, 0.6) is 0 Å². The van der Waals surface area contributed by atoms with E-state index in [0.29, 0.717) is 17.1 Å². The minimum absolute atomic E-state index is 0.184. The molecule has 3 aromatic rings. The topological polar surface area (TPSA) is 93.2 Å². The average Bonchev–Trinajstić information content (AvgIpc) is 2.71. The van der Waals surface area contributed by atoms with Crippen LogP contribution in [0.15, 0.2) is 54.6 Å². The molecule has 0 spiro atoms. The van der Waals surface area contributed by atoms with E-state index in [4.69, 9.17) is 0 Å². The van der Waals surface area contributed by atoms with Crippen LogP contribution in [0.2, 0.25) is 0 Å². The van der Waals surface area contributed by atoms with Gasteiger partial charge >= 0.3 is 5.97 Å². The fourth-order valence-corrected chi connectivity index (χ4v) is 2.53. The van der Waals surface area contributed by atoms with Gasteiger partial charge in [-0.2, -0.15) is 0 Å². The van der Waals surface area contributed by atoms with Crippen molar-refractivity contribution in [2.45, 2.75) is 13.8 Å². The molecule has 142 valence electrons. The van der Waals surface area contributed by atoms with E-state index in [9.17, 15) is 9.59 Å². The van der Waals surface area contributed by atoms with Crippen molar-refractivity contribution in [3.63, 3.8) is 0 Å². The molecule has 1 aromatic heterocycles. The molecule has 0 radical (unpaired) electrons. The van der Waals surface area contributed by atoms with E-state index in [1.54, 1.807) is 36.4 Å². The van der Waals surface area contributed by atoms with Crippen LogP contribution >= 0.6 is 0 Å². The number of benzene rings is 2. The summed E-state index contributed by atoms with van der Waals surface area (Å²) in [7, 11) is 1.31. The van der Waals surface area contributed by atoms with Gasteiger partial charge in [0.2, 0.25) is 0 Å². The van der Waals surface area contributed by atoms with Crippen LogP contribution in [0.4, 0.5) is 17.2 Å². The summed E-state index contributed by atoms with van der Waals surface area (Å²) in [6.45, 7) is 4.02. The summed E-state index contributed by atoms with van der Waals surface area (Å²) >= 11 is 0. The third-order valence-corrected chi connectivity index (χ3v) is 4.12. The quantitative estimate of drug-likeness (QED) is 0.657. The van der Waals surface area contributed by atoms with Crippen molar-refractivity contribution in [3.05, 3.63) is 77.0 Å². The second kappa shape index (κ2) is 8.30. The number of esters is 1. The second-order valence-corrected chi connectivity index (χ2v) is 6.27. The molecule has 2 N–H and O–H groups in total. The van der Waals surface area contributed by atoms with Crippen molar-refractivity contribution in [3.8, 4) is 0 Å². The minimum Gasteiger partial charge on any atom is -0.465 e. The van der Waals surface area contributed by atoms with Crippen LogP contribution in [0, 0.1) is 13.8 Å². The molecule has 7 heteroatoms. The average molecular weight is 376 g/mol. The van der Waals surface area contributed by atoms with E-state index in [1.165, 1.54) is 7.11 Å². The monoisotopic (exact) mass is 376 g/mol. The number of anilines is 3. The zero-order chi connectivity index (χ0) is 20.1. The number of nitrogens with one attached hydrogen (secondary N) is 2. The lowest BCUT2D eigenvalue weighted by Crippen LogP contribution is -2.14. The Morgan fingerprint density at radius 2 is 1.68 bits per heavy atom. The van der Waals surface area contributed by atoms with Gasteiger partial charge in [-0.3, -0.25) is 4.79 Å². The smallest absolute Gasteiger partial charge is 0.337 e. The highest BCUT2D eigenvalue weighted by molar-refractivity contribution is 6.03. The Bertz CT molecular complexity index is 999. The van der Waals surface area contributed by atoms with E-state index in [-0.39, 0.29) is 5.69 Å². The van der Waals surface area contributed by atoms with Gasteiger partial charge in [-0.15, -0.1) is 10.2 Å². The Kier molecular flexibility index (Phi) is 5.64. The predicted octanol–water partition coefficient (Wildman–Crippen LogP) is 3.88. The molecule has 0 saturated heterocycles. The largest absolute Gasteiger partial charge is 0.465 e. The number of amides is 1. The Balaban J connectivity index is 1.66. The van der Waals surface area contributed by atoms with Gasteiger partial charge in [0, 0.05) is 11.4 Å². The predicted molar refractivity (Wildman–Crippen MR) is 107 cm³/mol. The van der Waals surface area contributed by atoms with E-state index in [0.717, 1.165) is 16.8 Å². The number of rotatable bonds is 5. The first-order chi connectivity index (χ1) is 13.5. The van der Waals surface area contributed by atoms with E-state index < -0.39 is 11.9 Å². The maximum Gasteiger partial charge on any atom is 0.337 e. The van der Waals surface area contributed by atoms with E-state index in [1.807, 2.05) is 32.0 Å². The number of methoxy groups -OCH3 is 1. The molecule has 7 nitrogen and oxygen atoms in total. The highest BCUT2D eigenvalue weighted by Crippen LogP contribution is 2.20. The van der Waals surface area contributed by atoms with Crippen molar-refractivity contribution in [2.24, 2.45) is 0 Å². The van der Waals surface area contributed by atoms with Gasteiger partial charge in [-0.05, 0) is 67.4 Å². The van der Waals surface area contributed by atoms with Gasteiger partial charge in [-0.1, -0.05) is 12.1 Å². The van der Waals surface area contributed by atoms with Crippen molar-refractivity contribution < 1.29 is 14.3 Å². The zero-order valence-electron chi connectivity index (χ0n) is 15.8. The molecular weight excluding hydrogens is 356 g/mol.